The molecule has 0 saturated carbocycles. The quantitative estimate of drug-likeness (QED) is 0.206. The molecule has 10 heteroatoms. The fourth-order valence-corrected chi connectivity index (χ4v) is 3.98. The lowest BCUT2D eigenvalue weighted by Gasteiger charge is -2.20. The molecule has 4 aromatic rings. The number of amides is 1. The molecule has 2 heterocycles. The van der Waals surface area contributed by atoms with E-state index >= 15 is 0 Å². The number of esters is 1. The van der Waals surface area contributed by atoms with Crippen LogP contribution in [-0.2, 0) is 23.1 Å². The molecule has 0 bridgehead atoms. The number of carbonyl (C=O) groups excluding carboxylic acids is 2. The minimum absolute atomic E-state index is 0.0266. The molecule has 0 saturated heterocycles. The van der Waals surface area contributed by atoms with Gasteiger partial charge in [0.05, 0.1) is 24.2 Å². The Bertz CT molecular complexity index is 1430. The number of aromatic nitrogens is 3. The van der Waals surface area contributed by atoms with Crippen LogP contribution in [0.2, 0.25) is 0 Å². The first-order valence-corrected chi connectivity index (χ1v) is 11.8. The molecule has 2 aromatic carbocycles. The normalized spacial score (nSPS) is 10.8. The summed E-state index contributed by atoms with van der Waals surface area (Å²) < 4.78 is 7.05. The van der Waals surface area contributed by atoms with Gasteiger partial charge in [-0.15, -0.1) is 0 Å². The van der Waals surface area contributed by atoms with Crippen molar-refractivity contribution in [3.63, 3.8) is 0 Å². The number of rotatable bonds is 9. The number of amidine groups is 1. The number of imidazole rings is 1. The smallest absolute Gasteiger partial charge is 0.326 e. The first-order chi connectivity index (χ1) is 17.8. The fourth-order valence-electron chi connectivity index (χ4n) is 3.98. The van der Waals surface area contributed by atoms with Gasteiger partial charge in [0, 0.05) is 37.1 Å². The molecule has 10 nitrogen and oxygen atoms in total. The number of nitrogens with one attached hydrogen (secondary N) is 1. The van der Waals surface area contributed by atoms with Crippen LogP contribution in [0.1, 0.15) is 28.7 Å². The van der Waals surface area contributed by atoms with Gasteiger partial charge in [-0.25, -0.2) is 9.97 Å². The topological polar surface area (TPSA) is 130 Å². The number of anilines is 2. The monoisotopic (exact) mass is 499 g/mol. The number of benzene rings is 2. The number of pyridine rings is 1. The van der Waals surface area contributed by atoms with Crippen molar-refractivity contribution in [3.05, 3.63) is 83.8 Å². The van der Waals surface area contributed by atoms with Crippen molar-refractivity contribution in [1.82, 2.24) is 14.5 Å². The molecule has 0 aliphatic heterocycles. The lowest BCUT2D eigenvalue weighted by molar-refractivity contribution is -0.141. The van der Waals surface area contributed by atoms with Crippen molar-refractivity contribution in [3.8, 4) is 0 Å². The van der Waals surface area contributed by atoms with E-state index in [0.717, 1.165) is 17.0 Å². The maximum Gasteiger partial charge on any atom is 0.326 e. The van der Waals surface area contributed by atoms with E-state index in [1.807, 2.05) is 53.9 Å². The highest BCUT2D eigenvalue weighted by molar-refractivity contribution is 6.09. The number of fused-ring (bicyclic) bond motifs is 1. The van der Waals surface area contributed by atoms with Gasteiger partial charge in [-0.2, -0.15) is 0 Å². The van der Waals surface area contributed by atoms with Crippen LogP contribution in [-0.4, -0.2) is 52.4 Å². The van der Waals surface area contributed by atoms with E-state index in [1.165, 1.54) is 4.90 Å². The Balaban J connectivity index is 1.60. The molecule has 190 valence electrons. The summed E-state index contributed by atoms with van der Waals surface area (Å²) in [5.74, 6) is 0.315. The van der Waals surface area contributed by atoms with Crippen LogP contribution in [0.4, 0.5) is 11.5 Å². The molecule has 2 aromatic heterocycles. The zero-order valence-electron chi connectivity index (χ0n) is 21.0. The van der Waals surface area contributed by atoms with Crippen LogP contribution >= 0.6 is 0 Å². The lowest BCUT2D eigenvalue weighted by Crippen LogP contribution is -2.37. The first-order valence-electron chi connectivity index (χ1n) is 11.8. The lowest BCUT2D eigenvalue weighted by atomic mass is 10.1. The van der Waals surface area contributed by atoms with Gasteiger partial charge in [0.1, 0.15) is 24.0 Å². The van der Waals surface area contributed by atoms with E-state index in [2.05, 4.69) is 4.98 Å². The van der Waals surface area contributed by atoms with Gasteiger partial charge in [-0.3, -0.25) is 19.9 Å². The van der Waals surface area contributed by atoms with Gasteiger partial charge in [0.25, 0.3) is 5.91 Å². The highest BCUT2D eigenvalue weighted by atomic mass is 16.5. The number of nitrogens with zero attached hydrogens (tertiary/aromatic N) is 5. The highest BCUT2D eigenvalue weighted by Crippen LogP contribution is 2.22. The van der Waals surface area contributed by atoms with Crippen molar-refractivity contribution in [2.75, 3.05) is 30.0 Å². The van der Waals surface area contributed by atoms with E-state index in [0.29, 0.717) is 29.0 Å². The summed E-state index contributed by atoms with van der Waals surface area (Å²) >= 11 is 0. The minimum atomic E-state index is -0.512. The first kappa shape index (κ1) is 25.4. The standard InChI is InChI=1S/C27H29N7O3/c1-4-37-25(35)17-34(23-7-5-6-14-30-23)27(36)19-10-13-22-21(15-19)31-24(33(22)3)16-32(2)20-11-8-18(9-12-20)26(28)29/h5-15H,4,16-17H2,1-3H3,(H3,28,29). The molecule has 0 fully saturated rings. The summed E-state index contributed by atoms with van der Waals surface area (Å²) in [4.78, 5) is 38.1. The Labute approximate surface area is 214 Å². The molecule has 3 N–H and O–H groups in total. The second-order valence-electron chi connectivity index (χ2n) is 8.49. The predicted molar refractivity (Wildman–Crippen MR) is 143 cm³/mol. The zero-order valence-corrected chi connectivity index (χ0v) is 21.0. The maximum absolute atomic E-state index is 13.5. The van der Waals surface area contributed by atoms with Crippen LogP contribution in [0, 0.1) is 5.41 Å². The Morgan fingerprint density at radius 3 is 2.46 bits per heavy atom. The molecular weight excluding hydrogens is 470 g/mol. The van der Waals surface area contributed by atoms with Crippen LogP contribution in [0.25, 0.3) is 11.0 Å². The van der Waals surface area contributed by atoms with Crippen molar-refractivity contribution >= 4 is 40.3 Å². The van der Waals surface area contributed by atoms with Crippen LogP contribution in [0.3, 0.4) is 0 Å². The average Bonchev–Trinajstić information content (AvgIpc) is 3.21. The zero-order chi connectivity index (χ0) is 26.5. The molecule has 0 atom stereocenters. The third-order valence-electron chi connectivity index (χ3n) is 5.98. The Morgan fingerprint density at radius 2 is 1.81 bits per heavy atom. The van der Waals surface area contributed by atoms with E-state index in [1.54, 1.807) is 43.5 Å². The molecule has 1 amide bonds. The second kappa shape index (κ2) is 10.9. The molecule has 0 unspecified atom stereocenters. The van der Waals surface area contributed by atoms with Gasteiger partial charge in [-0.05, 0) is 61.5 Å². The maximum atomic E-state index is 13.5. The molecule has 0 spiro atoms. The van der Waals surface area contributed by atoms with Crippen LogP contribution in [0.15, 0.2) is 66.9 Å². The largest absolute Gasteiger partial charge is 0.465 e. The summed E-state index contributed by atoms with van der Waals surface area (Å²) in [6, 6.07) is 17.9. The Morgan fingerprint density at radius 1 is 1.08 bits per heavy atom. The van der Waals surface area contributed by atoms with Crippen LogP contribution < -0.4 is 15.5 Å². The van der Waals surface area contributed by atoms with E-state index in [-0.39, 0.29) is 24.9 Å². The summed E-state index contributed by atoms with van der Waals surface area (Å²) in [5, 5.41) is 7.55. The summed E-state index contributed by atoms with van der Waals surface area (Å²) in [6.45, 7) is 2.22. The minimum Gasteiger partial charge on any atom is -0.465 e. The number of nitrogens with two attached hydrogens (primary N) is 1. The van der Waals surface area contributed by atoms with E-state index < -0.39 is 5.97 Å². The molecule has 0 radical (unpaired) electrons. The van der Waals surface area contributed by atoms with Crippen molar-refractivity contribution in [2.24, 2.45) is 12.8 Å². The Hall–Kier alpha value is -4.73. The third-order valence-corrected chi connectivity index (χ3v) is 5.98. The average molecular weight is 500 g/mol. The summed E-state index contributed by atoms with van der Waals surface area (Å²) in [5.41, 5.74) is 9.11. The highest BCUT2D eigenvalue weighted by Gasteiger charge is 2.23. The van der Waals surface area contributed by atoms with E-state index in [4.69, 9.17) is 20.9 Å². The van der Waals surface area contributed by atoms with Gasteiger partial charge in [-0.1, -0.05) is 6.07 Å². The van der Waals surface area contributed by atoms with Gasteiger partial charge in [0.2, 0.25) is 0 Å². The molecule has 0 aliphatic rings. The van der Waals surface area contributed by atoms with Crippen molar-refractivity contribution in [1.29, 1.82) is 5.41 Å². The summed E-state index contributed by atoms with van der Waals surface area (Å²) in [6.07, 6.45) is 1.57. The number of hydrogen-bond acceptors (Lipinski definition) is 7. The predicted octanol–water partition coefficient (Wildman–Crippen LogP) is 3.10. The number of nitrogen functional groups attached to an aromatic ring is 1. The van der Waals surface area contributed by atoms with E-state index in [9.17, 15) is 9.59 Å². The number of aryl methyl sites for hydroxylation is 1. The fraction of sp³-hybridized carbons (Fsp3) is 0.222. The third kappa shape index (κ3) is 5.58. The van der Waals surface area contributed by atoms with Crippen molar-refractivity contribution in [2.45, 2.75) is 13.5 Å². The van der Waals surface area contributed by atoms with Crippen molar-refractivity contribution < 1.29 is 14.3 Å². The number of hydrogen-bond donors (Lipinski definition) is 2. The van der Waals surface area contributed by atoms with Gasteiger partial charge >= 0.3 is 5.97 Å². The molecule has 37 heavy (non-hydrogen) atoms. The molecule has 0 aliphatic carbocycles. The Kier molecular flexibility index (Phi) is 7.47. The number of ether oxygens (including phenoxy) is 1. The number of carbonyl (C=O) groups is 2. The van der Waals surface area contributed by atoms with Gasteiger partial charge in [0.15, 0.2) is 0 Å². The summed E-state index contributed by atoms with van der Waals surface area (Å²) in [7, 11) is 3.89. The van der Waals surface area contributed by atoms with Crippen LogP contribution in [0.5, 0.6) is 0 Å². The molecule has 4 rings (SSSR count). The SMILES string of the molecule is CCOC(=O)CN(C(=O)c1ccc2c(c1)nc(CN(C)c1ccc(C(=N)N)cc1)n2C)c1ccccn1. The molecular formula is C27H29N7O3. The second-order valence-corrected chi connectivity index (χ2v) is 8.49. The van der Waals surface area contributed by atoms with Gasteiger partial charge < -0.3 is 19.9 Å².